The highest BCUT2D eigenvalue weighted by molar-refractivity contribution is 14.2. The summed E-state index contributed by atoms with van der Waals surface area (Å²) < 4.78 is 72.8. The van der Waals surface area contributed by atoms with E-state index in [4.69, 9.17) is 0 Å². The Morgan fingerprint density at radius 1 is 0.359 bits per heavy atom. The number of hydrogen-bond acceptors (Lipinski definition) is 2. The first-order valence-corrected chi connectivity index (χ1v) is 39.2. The van der Waals surface area contributed by atoms with Crippen LogP contribution >= 0.6 is 49.3 Å². The SMILES string of the molecule is C[P+](c1ccccc1F)(c1ccccc1F)N(CCCCCCCCN([P+](C)(c1ccccc1F)c1ccccc1F)[P+]1(I)[C@H](c2ccccc2)CC[C@H]1c1ccccc1)[P+]1(C)[C@@H](c2ccccc2)CC[C@@H]1c1ccccc1. The molecule has 11 heteroatoms. The predicted molar refractivity (Wildman–Crippen MR) is 340 cm³/mol. The third kappa shape index (κ3) is 11.0. The maximum atomic E-state index is 16.8. The Morgan fingerprint density at radius 2 is 0.603 bits per heavy atom. The van der Waals surface area contributed by atoms with Crippen LogP contribution in [-0.4, -0.2) is 42.0 Å². The van der Waals surface area contributed by atoms with Crippen molar-refractivity contribution in [3.63, 3.8) is 0 Å². The van der Waals surface area contributed by atoms with E-state index in [0.29, 0.717) is 27.8 Å². The molecule has 402 valence electrons. The molecule has 2 aliphatic rings. The molecular weight excluding hydrogens is 1160 g/mol. The van der Waals surface area contributed by atoms with E-state index in [2.05, 4.69) is 172 Å². The van der Waals surface area contributed by atoms with E-state index < -0.39 is 27.3 Å². The molecule has 8 aromatic rings. The van der Waals surface area contributed by atoms with Gasteiger partial charge in [0.15, 0.2) is 86.4 Å². The molecule has 10 rings (SSSR count). The first-order chi connectivity index (χ1) is 37.9. The van der Waals surface area contributed by atoms with E-state index in [-0.39, 0.29) is 45.9 Å². The van der Waals surface area contributed by atoms with Crippen LogP contribution in [0, 0.1) is 23.3 Å². The quantitative estimate of drug-likeness (QED) is 0.0306. The van der Waals surface area contributed by atoms with Crippen LogP contribution in [0.15, 0.2) is 218 Å². The Morgan fingerprint density at radius 3 is 0.923 bits per heavy atom. The fourth-order valence-corrected chi connectivity index (χ4v) is 43.6. The van der Waals surface area contributed by atoms with Crippen LogP contribution in [-0.2, 0) is 0 Å². The Balaban J connectivity index is 0.975. The van der Waals surface area contributed by atoms with Gasteiger partial charge >= 0.3 is 0 Å². The van der Waals surface area contributed by atoms with Gasteiger partial charge in [-0.15, -0.1) is 0 Å². The van der Waals surface area contributed by atoms with Crippen molar-refractivity contribution in [2.45, 2.75) is 86.8 Å². The van der Waals surface area contributed by atoms with E-state index in [1.807, 2.05) is 48.5 Å². The van der Waals surface area contributed by atoms with E-state index in [1.165, 1.54) is 22.3 Å². The summed E-state index contributed by atoms with van der Waals surface area (Å²) >= 11 is 2.87. The molecule has 8 aromatic carbocycles. The Bertz CT molecular complexity index is 2830. The van der Waals surface area contributed by atoms with Crippen molar-refractivity contribution >= 4 is 70.6 Å². The normalized spacial score (nSPS) is 19.2. The van der Waals surface area contributed by atoms with Crippen LogP contribution in [0.25, 0.3) is 0 Å². The topological polar surface area (TPSA) is 6.48 Å². The standard InChI is InChI=1S/C67H73F4IN2P4/c1-75(60(52-30-12-8-13-31-52)46-47-61(75)53-32-14-9-15-33-53)73(76(2,64-42-24-20-38-56(64)68)65-43-25-21-39-57(65)69)50-28-6-4-5-7-29-51-74(77(3,66-44-26-22-40-58(66)70)67-45-27-23-41-59(67)71)78(72)62(54-34-16-10-17-35-54)48-49-63(78)55-36-18-11-19-37-55/h8-27,30-45,60-63H,4-7,28-29,46-51H2,1-3H3/q+4/t60-,61-,62+,63+/m1/s1. The second-order valence-electron chi connectivity index (χ2n) is 21.6. The van der Waals surface area contributed by atoms with E-state index in [0.717, 1.165) is 70.8 Å². The fraction of sp³-hybridized carbons (Fsp3) is 0.284. The molecule has 0 aliphatic carbocycles. The predicted octanol–water partition coefficient (Wildman–Crippen LogP) is 19.3. The summed E-state index contributed by atoms with van der Waals surface area (Å²) in [5.74, 6) is -1.13. The lowest BCUT2D eigenvalue weighted by Gasteiger charge is -2.43. The summed E-state index contributed by atoms with van der Waals surface area (Å²) in [6.07, 6.45) is 9.69. The molecule has 0 radical (unpaired) electrons. The second-order valence-corrected chi connectivity index (χ2v) is 40.6. The minimum absolute atomic E-state index is 0.208. The molecule has 0 amide bonds. The highest BCUT2D eigenvalue weighted by atomic mass is 127. The molecule has 0 spiro atoms. The number of hydrogen-bond donors (Lipinski definition) is 0. The Kier molecular flexibility index (Phi) is 18.5. The summed E-state index contributed by atoms with van der Waals surface area (Å²) in [5, 5.41) is 0.0711. The molecule has 2 heterocycles. The molecular formula is C67H73F4IN2P4+4. The summed E-state index contributed by atoms with van der Waals surface area (Å²) in [7, 11) is -8.19. The molecule has 2 aliphatic heterocycles. The van der Waals surface area contributed by atoms with Gasteiger partial charge in [0.1, 0.15) is 30.0 Å². The molecule has 0 saturated carbocycles. The van der Waals surface area contributed by atoms with Crippen molar-refractivity contribution in [2.75, 3.05) is 33.1 Å². The lowest BCUT2D eigenvalue weighted by atomic mass is 10.0. The van der Waals surface area contributed by atoms with Gasteiger partial charge in [-0.3, -0.25) is 0 Å². The molecule has 2 fully saturated rings. The number of rotatable bonds is 21. The minimum Gasteiger partial charge on any atom is -0.203 e. The molecule has 0 unspecified atom stereocenters. The van der Waals surface area contributed by atoms with Gasteiger partial charge in [-0.1, -0.05) is 200 Å². The van der Waals surface area contributed by atoms with Gasteiger partial charge in [0.25, 0.3) is 0 Å². The van der Waals surface area contributed by atoms with Crippen LogP contribution in [0.4, 0.5) is 17.6 Å². The molecule has 0 N–H and O–H groups in total. The minimum atomic E-state index is -2.94. The molecule has 0 bridgehead atoms. The molecule has 2 nitrogen and oxygen atoms in total. The summed E-state index contributed by atoms with van der Waals surface area (Å²) in [6.45, 7) is 8.32. The van der Waals surface area contributed by atoms with Crippen LogP contribution in [0.3, 0.4) is 0 Å². The second kappa shape index (κ2) is 25.3. The average Bonchev–Trinajstić information content (AvgIpc) is 4.16. The maximum absolute atomic E-state index is 16.8. The Hall–Kier alpha value is -4.15. The van der Waals surface area contributed by atoms with Gasteiger partial charge in [0, 0.05) is 0 Å². The number of benzene rings is 8. The number of halogens is 5. The third-order valence-corrected chi connectivity index (χ3v) is 44.2. The zero-order chi connectivity index (χ0) is 54.3. The van der Waals surface area contributed by atoms with Gasteiger partial charge in [0.2, 0.25) is 0 Å². The lowest BCUT2D eigenvalue weighted by Crippen LogP contribution is -2.40. The smallest absolute Gasteiger partial charge is 0.197 e. The summed E-state index contributed by atoms with van der Waals surface area (Å²) in [5.41, 5.74) is 6.07. The zero-order valence-electron chi connectivity index (χ0n) is 45.2. The van der Waals surface area contributed by atoms with E-state index in [1.54, 1.807) is 48.5 Å². The third-order valence-electron chi connectivity index (χ3n) is 17.3. The number of unbranched alkanes of at least 4 members (excludes halogenated alkanes) is 5. The largest absolute Gasteiger partial charge is 0.203 e. The van der Waals surface area contributed by atoms with Gasteiger partial charge in [-0.25, -0.2) is 17.6 Å². The molecule has 4 atom stereocenters. The highest BCUT2D eigenvalue weighted by Crippen LogP contribution is 2.96. The lowest BCUT2D eigenvalue weighted by molar-refractivity contribution is 0.533. The van der Waals surface area contributed by atoms with Crippen LogP contribution < -0.4 is 21.2 Å². The summed E-state index contributed by atoms with van der Waals surface area (Å²) in [4.78, 5) is 0. The van der Waals surface area contributed by atoms with E-state index in [9.17, 15) is 0 Å². The summed E-state index contributed by atoms with van der Waals surface area (Å²) in [6, 6.07) is 72.2. The fourth-order valence-electron chi connectivity index (χ4n) is 13.6. The van der Waals surface area contributed by atoms with E-state index >= 15 is 17.6 Å². The molecule has 78 heavy (non-hydrogen) atoms. The highest BCUT2D eigenvalue weighted by Gasteiger charge is 2.71. The van der Waals surface area contributed by atoms with Gasteiger partial charge in [0.05, 0.1) is 33.1 Å². The van der Waals surface area contributed by atoms with Crippen molar-refractivity contribution in [3.8, 4) is 0 Å². The Labute approximate surface area is 477 Å². The average molecular weight is 1230 g/mol. The first-order valence-electron chi connectivity index (χ1n) is 27.9. The number of nitrogens with zero attached hydrogens (tertiary/aromatic N) is 2. The van der Waals surface area contributed by atoms with Gasteiger partial charge in [-0.05, 0) is 114 Å². The van der Waals surface area contributed by atoms with Crippen LogP contribution in [0.1, 0.15) is 109 Å². The van der Waals surface area contributed by atoms with Gasteiger partial charge < -0.3 is 0 Å². The van der Waals surface area contributed by atoms with Crippen molar-refractivity contribution in [1.82, 2.24) is 8.88 Å². The van der Waals surface area contributed by atoms with Gasteiger partial charge in [-0.2, -0.15) is 0 Å². The van der Waals surface area contributed by atoms with Crippen molar-refractivity contribution in [3.05, 3.63) is 264 Å². The monoisotopic (exact) mass is 1230 g/mol. The van der Waals surface area contributed by atoms with Crippen LogP contribution in [0.5, 0.6) is 0 Å². The van der Waals surface area contributed by atoms with Crippen molar-refractivity contribution < 1.29 is 17.6 Å². The first kappa shape index (κ1) is 57.1. The maximum Gasteiger partial charge on any atom is 0.197 e. The van der Waals surface area contributed by atoms with Crippen molar-refractivity contribution in [1.29, 1.82) is 0 Å². The van der Waals surface area contributed by atoms with Crippen molar-refractivity contribution in [2.24, 2.45) is 0 Å². The van der Waals surface area contributed by atoms with Crippen LogP contribution in [0.2, 0.25) is 0 Å². The molecule has 2 saturated heterocycles. The zero-order valence-corrected chi connectivity index (χ0v) is 50.9. The molecule has 0 aromatic heterocycles.